The molecule has 1 N–H and O–H groups in total. The molecule has 29 heavy (non-hydrogen) atoms. The summed E-state index contributed by atoms with van der Waals surface area (Å²) in [4.78, 5) is 25.8. The van der Waals surface area contributed by atoms with Crippen LogP contribution in [0.3, 0.4) is 0 Å². The van der Waals surface area contributed by atoms with Crippen LogP contribution >= 0.6 is 0 Å². The molecule has 4 aromatic rings. The lowest BCUT2D eigenvalue weighted by Gasteiger charge is -2.09. The second-order valence-corrected chi connectivity index (χ2v) is 6.62. The molecule has 0 aliphatic rings. The van der Waals surface area contributed by atoms with Crippen LogP contribution in [0.15, 0.2) is 84.9 Å². The van der Waals surface area contributed by atoms with Crippen molar-refractivity contribution in [1.82, 2.24) is 9.78 Å². The summed E-state index contributed by atoms with van der Waals surface area (Å²) >= 11 is 0. The van der Waals surface area contributed by atoms with E-state index in [0.29, 0.717) is 16.9 Å². The Morgan fingerprint density at radius 3 is 2.00 bits per heavy atom. The number of nitrogens with zero attached hydrogens (tertiary/aromatic N) is 2. The van der Waals surface area contributed by atoms with E-state index in [0.717, 1.165) is 5.56 Å². The fourth-order valence-corrected chi connectivity index (χ4v) is 3.28. The Labute approximate surface area is 167 Å². The third kappa shape index (κ3) is 3.46. The first-order valence-corrected chi connectivity index (χ1v) is 9.15. The minimum absolute atomic E-state index is 0.107. The highest BCUT2D eigenvalue weighted by Crippen LogP contribution is 2.31. The summed E-state index contributed by atoms with van der Waals surface area (Å²) in [5, 5.41) is 14.2. The number of hydrogen-bond donors (Lipinski definition) is 1. The lowest BCUT2D eigenvalue weighted by Crippen LogP contribution is -2.08. The smallest absolute Gasteiger partial charge is 0.214 e. The molecule has 0 unspecified atom stereocenters. The van der Waals surface area contributed by atoms with Crippen molar-refractivity contribution >= 4 is 11.6 Å². The zero-order valence-electron chi connectivity index (χ0n) is 15.7. The zero-order valence-corrected chi connectivity index (χ0v) is 15.7. The van der Waals surface area contributed by atoms with Gasteiger partial charge in [-0.25, -0.2) is 4.68 Å². The fraction of sp³-hybridized carbons (Fsp3) is 0.0417. The van der Waals surface area contributed by atoms with E-state index in [2.05, 4.69) is 5.10 Å². The fourth-order valence-electron chi connectivity index (χ4n) is 3.28. The highest BCUT2D eigenvalue weighted by Gasteiger charge is 2.28. The highest BCUT2D eigenvalue weighted by molar-refractivity contribution is 6.16. The van der Waals surface area contributed by atoms with Crippen LogP contribution in [0, 0.1) is 0 Å². The number of benzene rings is 3. The molecule has 0 aliphatic carbocycles. The van der Waals surface area contributed by atoms with Crippen LogP contribution in [0.4, 0.5) is 0 Å². The second kappa shape index (κ2) is 7.56. The molecular weight excluding hydrogens is 364 g/mol. The summed E-state index contributed by atoms with van der Waals surface area (Å²) < 4.78 is 1.58. The van der Waals surface area contributed by atoms with Crippen LogP contribution < -0.4 is 0 Å². The molecule has 0 fully saturated rings. The average molecular weight is 382 g/mol. The van der Waals surface area contributed by atoms with E-state index in [9.17, 15) is 14.7 Å². The minimum atomic E-state index is -0.314. The predicted octanol–water partition coefficient (Wildman–Crippen LogP) is 4.68. The maximum atomic E-state index is 13.2. The average Bonchev–Trinajstić information content (AvgIpc) is 3.16. The number of phenols is 1. The van der Waals surface area contributed by atoms with Gasteiger partial charge in [0.05, 0.1) is 16.9 Å². The van der Waals surface area contributed by atoms with Crippen molar-refractivity contribution < 1.29 is 14.7 Å². The van der Waals surface area contributed by atoms with Gasteiger partial charge in [0.25, 0.3) is 0 Å². The molecule has 5 nitrogen and oxygen atoms in total. The van der Waals surface area contributed by atoms with E-state index < -0.39 is 0 Å². The first-order chi connectivity index (χ1) is 14.1. The van der Waals surface area contributed by atoms with E-state index in [4.69, 9.17) is 0 Å². The standard InChI is InChI=1S/C24H18N2O3/c1-16(27)21-22(24(29)18-10-6-3-7-11-18)25-26(19-12-14-20(28)15-13-19)23(21)17-8-4-2-5-9-17/h2-15,28H,1H3. The third-order valence-corrected chi connectivity index (χ3v) is 4.63. The summed E-state index contributed by atoms with van der Waals surface area (Å²) in [6.07, 6.45) is 0. The van der Waals surface area contributed by atoms with Gasteiger partial charge in [-0.3, -0.25) is 9.59 Å². The monoisotopic (exact) mass is 382 g/mol. The number of hydrogen-bond acceptors (Lipinski definition) is 4. The first-order valence-electron chi connectivity index (χ1n) is 9.15. The number of carbonyl (C=O) groups excluding carboxylic acids is 2. The van der Waals surface area contributed by atoms with E-state index in [1.807, 2.05) is 36.4 Å². The molecule has 0 amide bonds. The molecule has 142 valence electrons. The van der Waals surface area contributed by atoms with Crippen molar-refractivity contribution in [3.05, 3.63) is 102 Å². The van der Waals surface area contributed by atoms with E-state index in [1.165, 1.54) is 19.1 Å². The maximum absolute atomic E-state index is 13.2. The molecule has 3 aromatic carbocycles. The zero-order chi connectivity index (χ0) is 20.4. The van der Waals surface area contributed by atoms with E-state index in [1.54, 1.807) is 41.1 Å². The van der Waals surface area contributed by atoms with Crippen molar-refractivity contribution in [3.63, 3.8) is 0 Å². The van der Waals surface area contributed by atoms with Crippen LogP contribution in [-0.4, -0.2) is 26.5 Å². The Bertz CT molecular complexity index is 1180. The number of rotatable bonds is 5. The van der Waals surface area contributed by atoms with Gasteiger partial charge in [-0.1, -0.05) is 60.7 Å². The van der Waals surface area contributed by atoms with Gasteiger partial charge >= 0.3 is 0 Å². The molecule has 0 atom stereocenters. The summed E-state index contributed by atoms with van der Waals surface area (Å²) in [6, 6.07) is 24.6. The van der Waals surface area contributed by atoms with Crippen LogP contribution in [0.25, 0.3) is 16.9 Å². The maximum Gasteiger partial charge on any atom is 0.214 e. The lowest BCUT2D eigenvalue weighted by molar-refractivity contribution is 0.0989. The van der Waals surface area contributed by atoms with Crippen molar-refractivity contribution in [2.75, 3.05) is 0 Å². The highest BCUT2D eigenvalue weighted by atomic mass is 16.3. The van der Waals surface area contributed by atoms with Gasteiger partial charge in [0.1, 0.15) is 11.4 Å². The second-order valence-electron chi connectivity index (χ2n) is 6.62. The quantitative estimate of drug-likeness (QED) is 0.509. The Balaban J connectivity index is 2.01. The van der Waals surface area contributed by atoms with Gasteiger partial charge in [-0.2, -0.15) is 5.10 Å². The Hall–Kier alpha value is -3.99. The summed E-state index contributed by atoms with van der Waals surface area (Å²) in [6.45, 7) is 1.44. The number of aromatic hydroxyl groups is 1. The van der Waals surface area contributed by atoms with Gasteiger partial charge < -0.3 is 5.11 Å². The molecular formula is C24H18N2O3. The molecule has 0 saturated heterocycles. The molecule has 0 radical (unpaired) electrons. The predicted molar refractivity (Wildman–Crippen MR) is 111 cm³/mol. The van der Waals surface area contributed by atoms with Crippen molar-refractivity contribution in [2.45, 2.75) is 6.92 Å². The summed E-state index contributed by atoms with van der Waals surface area (Å²) in [7, 11) is 0. The molecule has 0 spiro atoms. The number of ketones is 2. The van der Waals surface area contributed by atoms with Crippen molar-refractivity contribution in [2.24, 2.45) is 0 Å². The number of carbonyl (C=O) groups is 2. The van der Waals surface area contributed by atoms with Crippen LogP contribution in [0.5, 0.6) is 5.75 Å². The topological polar surface area (TPSA) is 72.2 Å². The molecule has 1 heterocycles. The largest absolute Gasteiger partial charge is 0.508 e. The number of aromatic nitrogens is 2. The summed E-state index contributed by atoms with van der Waals surface area (Å²) in [5.74, 6) is -0.437. The lowest BCUT2D eigenvalue weighted by atomic mass is 9.98. The van der Waals surface area contributed by atoms with Gasteiger partial charge in [0, 0.05) is 11.1 Å². The van der Waals surface area contributed by atoms with Crippen molar-refractivity contribution in [3.8, 4) is 22.7 Å². The Morgan fingerprint density at radius 2 is 1.41 bits per heavy atom. The van der Waals surface area contributed by atoms with Gasteiger partial charge in [0.2, 0.25) is 5.78 Å². The molecule has 5 heteroatoms. The Kier molecular flexibility index (Phi) is 4.79. The molecule has 4 rings (SSSR count). The molecule has 1 aromatic heterocycles. The van der Waals surface area contributed by atoms with Crippen LogP contribution in [0.2, 0.25) is 0 Å². The first kappa shape index (κ1) is 18.4. The minimum Gasteiger partial charge on any atom is -0.508 e. The van der Waals surface area contributed by atoms with Crippen molar-refractivity contribution in [1.29, 1.82) is 0 Å². The normalized spacial score (nSPS) is 10.7. The van der Waals surface area contributed by atoms with Crippen LogP contribution in [-0.2, 0) is 0 Å². The third-order valence-electron chi connectivity index (χ3n) is 4.63. The summed E-state index contributed by atoms with van der Waals surface area (Å²) in [5.41, 5.74) is 2.79. The van der Waals surface area contributed by atoms with E-state index >= 15 is 0 Å². The number of phenolic OH excluding ortho intramolecular Hbond substituents is 1. The van der Waals surface area contributed by atoms with Crippen LogP contribution in [0.1, 0.15) is 33.3 Å². The molecule has 0 saturated carbocycles. The Morgan fingerprint density at radius 1 is 0.828 bits per heavy atom. The SMILES string of the molecule is CC(=O)c1c(C(=O)c2ccccc2)nn(-c2ccc(O)cc2)c1-c1ccccc1. The van der Waals surface area contributed by atoms with Gasteiger partial charge in [-0.15, -0.1) is 0 Å². The van der Waals surface area contributed by atoms with Gasteiger partial charge in [0.15, 0.2) is 5.78 Å². The van der Waals surface area contributed by atoms with E-state index in [-0.39, 0.29) is 28.6 Å². The number of Topliss-reactive ketones (excluding diaryl/α,β-unsaturated/α-hetero) is 1. The van der Waals surface area contributed by atoms with Gasteiger partial charge in [-0.05, 0) is 31.2 Å². The molecule has 0 aliphatic heterocycles. The molecule has 0 bridgehead atoms.